The molecule has 3 nitrogen and oxygen atoms in total. The van der Waals surface area contributed by atoms with Gasteiger partial charge in [0.25, 0.3) is 0 Å². The maximum Gasteiger partial charge on any atom is 0.416 e. The average Bonchev–Trinajstić information content (AvgIpc) is 2.60. The number of fused-ring (bicyclic) bond motifs is 3. The van der Waals surface area contributed by atoms with E-state index in [1.807, 2.05) is 19.1 Å². The van der Waals surface area contributed by atoms with Crippen LogP contribution in [0.4, 0.5) is 18.9 Å². The van der Waals surface area contributed by atoms with E-state index in [9.17, 15) is 18.3 Å². The van der Waals surface area contributed by atoms with Gasteiger partial charge in [0.2, 0.25) is 0 Å². The van der Waals surface area contributed by atoms with Crippen molar-refractivity contribution < 1.29 is 23.0 Å². The summed E-state index contributed by atoms with van der Waals surface area (Å²) < 4.78 is 45.6. The van der Waals surface area contributed by atoms with Crippen LogP contribution in [0.25, 0.3) is 0 Å². The van der Waals surface area contributed by atoms with Gasteiger partial charge < -0.3 is 15.2 Å². The van der Waals surface area contributed by atoms with Crippen LogP contribution in [0.1, 0.15) is 48.6 Å². The highest BCUT2D eigenvalue weighted by Gasteiger charge is 2.42. The zero-order chi connectivity index (χ0) is 18.5. The Bertz CT molecular complexity index is 804. The number of benzene rings is 2. The van der Waals surface area contributed by atoms with Gasteiger partial charge in [-0.15, -0.1) is 0 Å². The van der Waals surface area contributed by atoms with E-state index in [-0.39, 0.29) is 29.9 Å². The van der Waals surface area contributed by atoms with E-state index in [1.54, 1.807) is 12.1 Å². The number of anilines is 1. The fourth-order valence-electron chi connectivity index (χ4n) is 4.04. The second-order valence-corrected chi connectivity index (χ2v) is 7.12. The van der Waals surface area contributed by atoms with E-state index >= 15 is 0 Å². The van der Waals surface area contributed by atoms with Crippen LogP contribution in [0.2, 0.25) is 0 Å². The van der Waals surface area contributed by atoms with Crippen LogP contribution in [0.15, 0.2) is 42.5 Å². The Morgan fingerprint density at radius 1 is 1.08 bits per heavy atom. The number of ether oxygens (including phenoxy) is 1. The summed E-state index contributed by atoms with van der Waals surface area (Å²) in [5.74, 6) is 0.219. The molecular weight excluding hydrogens is 343 g/mol. The number of halogens is 3. The maximum absolute atomic E-state index is 13.2. The van der Waals surface area contributed by atoms with Crippen LogP contribution in [0, 0.1) is 5.92 Å². The van der Waals surface area contributed by atoms with Gasteiger partial charge in [0.05, 0.1) is 23.8 Å². The minimum absolute atomic E-state index is 0.0113. The summed E-state index contributed by atoms with van der Waals surface area (Å²) in [5.41, 5.74) is 1.58. The van der Waals surface area contributed by atoms with Gasteiger partial charge in [-0.2, -0.15) is 13.2 Å². The smallest absolute Gasteiger partial charge is 0.416 e. The minimum atomic E-state index is -4.38. The molecule has 0 radical (unpaired) electrons. The van der Waals surface area contributed by atoms with Crippen molar-refractivity contribution in [3.8, 4) is 5.75 Å². The molecule has 6 heteroatoms. The third kappa shape index (κ3) is 3.03. The first-order valence-corrected chi connectivity index (χ1v) is 8.75. The van der Waals surface area contributed by atoms with Crippen molar-refractivity contribution in [2.75, 3.05) is 5.32 Å². The first kappa shape index (κ1) is 17.2. The third-order valence-electron chi connectivity index (χ3n) is 5.35. The SMILES string of the molecule is C[C@@H]1CC[C@@H]2[C@@H](c3ccc(O)cc3)Nc3ccc(C(F)(F)F)cc3[C@@H]2O1. The zero-order valence-electron chi connectivity index (χ0n) is 14.3. The Kier molecular flexibility index (Phi) is 4.10. The number of hydrogen-bond donors (Lipinski definition) is 2. The normalized spacial score (nSPS) is 28.0. The summed E-state index contributed by atoms with van der Waals surface area (Å²) in [7, 11) is 0. The van der Waals surface area contributed by atoms with Gasteiger partial charge in [0.15, 0.2) is 0 Å². The van der Waals surface area contributed by atoms with E-state index in [4.69, 9.17) is 4.74 Å². The molecule has 2 N–H and O–H groups in total. The molecule has 138 valence electrons. The molecule has 4 atom stereocenters. The number of nitrogens with one attached hydrogen (secondary N) is 1. The van der Waals surface area contributed by atoms with Crippen molar-refractivity contribution in [1.82, 2.24) is 0 Å². The van der Waals surface area contributed by atoms with Crippen molar-refractivity contribution in [2.24, 2.45) is 5.92 Å². The first-order chi connectivity index (χ1) is 12.3. The molecule has 0 unspecified atom stereocenters. The summed E-state index contributed by atoms with van der Waals surface area (Å²) in [6.45, 7) is 1.96. The van der Waals surface area contributed by atoms with E-state index < -0.39 is 11.7 Å². The van der Waals surface area contributed by atoms with Gasteiger partial charge in [0, 0.05) is 17.2 Å². The fraction of sp³-hybridized carbons (Fsp3) is 0.400. The summed E-state index contributed by atoms with van der Waals surface area (Å²) in [5, 5.41) is 12.9. The molecule has 0 spiro atoms. The van der Waals surface area contributed by atoms with Crippen LogP contribution in [-0.4, -0.2) is 11.2 Å². The average molecular weight is 363 g/mol. The lowest BCUT2D eigenvalue weighted by Gasteiger charge is -2.45. The fourth-order valence-corrected chi connectivity index (χ4v) is 4.04. The Morgan fingerprint density at radius 2 is 1.81 bits per heavy atom. The molecular formula is C20H20F3NO2. The monoisotopic (exact) mass is 363 g/mol. The topological polar surface area (TPSA) is 41.5 Å². The van der Waals surface area contributed by atoms with Crippen LogP contribution < -0.4 is 5.32 Å². The highest BCUT2D eigenvalue weighted by Crippen LogP contribution is 2.51. The molecule has 26 heavy (non-hydrogen) atoms. The Balaban J connectivity index is 1.77. The quantitative estimate of drug-likeness (QED) is 0.709. The molecule has 0 saturated carbocycles. The van der Waals surface area contributed by atoms with Gasteiger partial charge >= 0.3 is 6.18 Å². The number of aromatic hydroxyl groups is 1. The molecule has 2 aromatic rings. The Morgan fingerprint density at radius 3 is 2.50 bits per heavy atom. The molecule has 0 bridgehead atoms. The Labute approximate surface area is 149 Å². The molecule has 2 aliphatic heterocycles. The highest BCUT2D eigenvalue weighted by atomic mass is 19.4. The second-order valence-electron chi connectivity index (χ2n) is 7.12. The summed E-state index contributed by atoms with van der Waals surface area (Å²) in [4.78, 5) is 0. The summed E-state index contributed by atoms with van der Waals surface area (Å²) >= 11 is 0. The van der Waals surface area contributed by atoms with Crippen molar-refractivity contribution >= 4 is 5.69 Å². The molecule has 0 aliphatic carbocycles. The lowest BCUT2D eigenvalue weighted by atomic mass is 9.76. The molecule has 1 saturated heterocycles. The van der Waals surface area contributed by atoms with Crippen LogP contribution in [0.5, 0.6) is 5.75 Å². The third-order valence-corrected chi connectivity index (χ3v) is 5.35. The molecule has 4 rings (SSSR count). The number of hydrogen-bond acceptors (Lipinski definition) is 3. The first-order valence-electron chi connectivity index (χ1n) is 8.75. The number of alkyl halides is 3. The van der Waals surface area contributed by atoms with Gasteiger partial charge in [-0.3, -0.25) is 0 Å². The predicted molar refractivity (Wildman–Crippen MR) is 91.9 cm³/mol. The maximum atomic E-state index is 13.2. The molecule has 2 aromatic carbocycles. The summed E-state index contributed by atoms with van der Waals surface area (Å²) in [6.07, 6.45) is -3.02. The van der Waals surface area contributed by atoms with E-state index in [2.05, 4.69) is 5.32 Å². The van der Waals surface area contributed by atoms with Crippen molar-refractivity contribution in [3.05, 3.63) is 59.2 Å². The molecule has 2 aliphatic rings. The lowest BCUT2D eigenvalue weighted by Crippen LogP contribution is -2.38. The van der Waals surface area contributed by atoms with Crippen LogP contribution in [0.3, 0.4) is 0 Å². The minimum Gasteiger partial charge on any atom is -0.508 e. The second kappa shape index (κ2) is 6.20. The predicted octanol–water partition coefficient (Wildman–Crippen LogP) is 5.43. The highest BCUT2D eigenvalue weighted by molar-refractivity contribution is 5.58. The summed E-state index contributed by atoms with van der Waals surface area (Å²) in [6, 6.07) is 10.7. The van der Waals surface area contributed by atoms with Crippen LogP contribution >= 0.6 is 0 Å². The Hall–Kier alpha value is -2.21. The van der Waals surface area contributed by atoms with Gasteiger partial charge in [-0.25, -0.2) is 0 Å². The lowest BCUT2D eigenvalue weighted by molar-refractivity contribution is -0.138. The van der Waals surface area contributed by atoms with Crippen molar-refractivity contribution in [3.63, 3.8) is 0 Å². The number of phenols is 1. The van der Waals surface area contributed by atoms with E-state index in [0.29, 0.717) is 11.3 Å². The van der Waals surface area contributed by atoms with E-state index in [0.717, 1.165) is 24.5 Å². The largest absolute Gasteiger partial charge is 0.508 e. The van der Waals surface area contributed by atoms with Crippen LogP contribution in [-0.2, 0) is 10.9 Å². The van der Waals surface area contributed by atoms with Gasteiger partial charge in [-0.05, 0) is 55.7 Å². The number of phenolic OH excluding ortho intramolecular Hbond substituents is 1. The van der Waals surface area contributed by atoms with Crippen molar-refractivity contribution in [1.29, 1.82) is 0 Å². The molecule has 2 heterocycles. The standard InChI is InChI=1S/C20H20F3NO2/c1-11-2-8-15-18(12-3-6-14(25)7-4-12)24-17-9-5-13(20(21,22)23)10-16(17)19(15)26-11/h3-7,9-11,15,18-19,24-25H,2,8H2,1H3/t11-,15-,18-,19-/m1/s1. The zero-order valence-corrected chi connectivity index (χ0v) is 14.3. The van der Waals surface area contributed by atoms with Gasteiger partial charge in [-0.1, -0.05) is 12.1 Å². The van der Waals surface area contributed by atoms with Crippen molar-refractivity contribution in [2.45, 2.75) is 44.2 Å². The molecule has 0 amide bonds. The molecule has 0 aromatic heterocycles. The number of rotatable bonds is 1. The van der Waals surface area contributed by atoms with Gasteiger partial charge in [0.1, 0.15) is 5.75 Å². The molecule has 1 fully saturated rings. The van der Waals surface area contributed by atoms with E-state index in [1.165, 1.54) is 12.1 Å².